The molecule has 166 valence electrons. The van der Waals surface area contributed by atoms with Crippen LogP contribution in [0.25, 0.3) is 6.08 Å². The van der Waals surface area contributed by atoms with Gasteiger partial charge in [-0.2, -0.15) is 5.26 Å². The molecule has 2 aromatic carbocycles. The van der Waals surface area contributed by atoms with Crippen LogP contribution < -0.4 is 4.74 Å². The number of carbonyl (C=O) groups excluding carboxylic acids is 1. The number of aliphatic carboxylic acids is 1. The van der Waals surface area contributed by atoms with Crippen LogP contribution in [0.2, 0.25) is 5.02 Å². The second-order valence-electron chi connectivity index (χ2n) is 7.72. The van der Waals surface area contributed by atoms with Crippen LogP contribution in [0.4, 0.5) is 4.39 Å². The number of hydrogen-bond donors (Lipinski definition) is 1. The lowest BCUT2D eigenvalue weighted by atomic mass is 9.75. The van der Waals surface area contributed by atoms with E-state index >= 15 is 0 Å². The molecule has 2 aromatic rings. The van der Waals surface area contributed by atoms with Gasteiger partial charge in [0.1, 0.15) is 11.6 Å². The minimum atomic E-state index is -1.11. The molecule has 0 atom stereocenters. The zero-order valence-corrected chi connectivity index (χ0v) is 18.0. The van der Waals surface area contributed by atoms with Gasteiger partial charge in [-0.15, -0.1) is 0 Å². The lowest BCUT2D eigenvalue weighted by Crippen LogP contribution is -2.45. The highest BCUT2D eigenvalue weighted by atomic mass is 35.5. The SMILES string of the molecule is N#CC1(Cc2ccc(F)cc2)CCN(C(=O)COc2ccc(Cl)cc2/C=C/C(=O)O)CC1. The van der Waals surface area contributed by atoms with Gasteiger partial charge in [-0.05, 0) is 61.2 Å². The molecular formula is C24H22ClFN2O4. The number of carboxylic acids is 1. The van der Waals surface area contributed by atoms with E-state index < -0.39 is 11.4 Å². The average Bonchev–Trinajstić information content (AvgIpc) is 2.79. The van der Waals surface area contributed by atoms with Crippen LogP contribution in [-0.4, -0.2) is 41.6 Å². The van der Waals surface area contributed by atoms with Crippen molar-refractivity contribution >= 4 is 29.6 Å². The van der Waals surface area contributed by atoms with Gasteiger partial charge in [-0.25, -0.2) is 9.18 Å². The first-order valence-corrected chi connectivity index (χ1v) is 10.4. The molecular weight excluding hydrogens is 435 g/mol. The maximum Gasteiger partial charge on any atom is 0.328 e. The number of piperidine rings is 1. The number of nitrogens with zero attached hydrogens (tertiary/aromatic N) is 2. The molecule has 0 bridgehead atoms. The molecule has 0 radical (unpaired) electrons. The van der Waals surface area contributed by atoms with Gasteiger partial charge in [0.05, 0.1) is 11.5 Å². The Balaban J connectivity index is 1.58. The van der Waals surface area contributed by atoms with Crippen molar-refractivity contribution in [1.82, 2.24) is 4.90 Å². The summed E-state index contributed by atoms with van der Waals surface area (Å²) in [4.78, 5) is 25.1. The van der Waals surface area contributed by atoms with E-state index in [1.54, 1.807) is 35.2 Å². The molecule has 0 saturated carbocycles. The topological polar surface area (TPSA) is 90.6 Å². The molecule has 3 rings (SSSR count). The Kier molecular flexibility index (Phi) is 7.49. The molecule has 0 aromatic heterocycles. The van der Waals surface area contributed by atoms with Crippen molar-refractivity contribution in [2.45, 2.75) is 19.3 Å². The van der Waals surface area contributed by atoms with E-state index in [0.717, 1.165) is 11.6 Å². The van der Waals surface area contributed by atoms with E-state index in [4.69, 9.17) is 21.4 Å². The molecule has 1 saturated heterocycles. The number of likely N-dealkylation sites (tertiary alicyclic amines) is 1. The predicted molar refractivity (Wildman–Crippen MR) is 118 cm³/mol. The van der Waals surface area contributed by atoms with Crippen molar-refractivity contribution in [3.8, 4) is 11.8 Å². The van der Waals surface area contributed by atoms with E-state index in [2.05, 4.69) is 6.07 Å². The van der Waals surface area contributed by atoms with E-state index in [-0.39, 0.29) is 18.3 Å². The lowest BCUT2D eigenvalue weighted by molar-refractivity contribution is -0.135. The summed E-state index contributed by atoms with van der Waals surface area (Å²) >= 11 is 5.97. The summed E-state index contributed by atoms with van der Waals surface area (Å²) in [5.41, 5.74) is 0.746. The first-order chi connectivity index (χ1) is 15.3. The van der Waals surface area contributed by atoms with Gasteiger partial charge in [0.25, 0.3) is 5.91 Å². The predicted octanol–water partition coefficient (Wildman–Crippen LogP) is 4.33. The second-order valence-corrected chi connectivity index (χ2v) is 8.15. The zero-order chi connectivity index (χ0) is 23.1. The fraction of sp³-hybridized carbons (Fsp3) is 0.292. The molecule has 0 spiro atoms. The first-order valence-electron chi connectivity index (χ1n) is 10.1. The molecule has 1 heterocycles. The number of benzene rings is 2. The Morgan fingerprint density at radius 3 is 2.53 bits per heavy atom. The number of carboxylic acid groups (broad SMARTS) is 1. The van der Waals surface area contributed by atoms with Gasteiger partial charge in [-0.3, -0.25) is 4.79 Å². The summed E-state index contributed by atoms with van der Waals surface area (Å²) in [7, 11) is 0. The summed E-state index contributed by atoms with van der Waals surface area (Å²) < 4.78 is 18.8. The largest absolute Gasteiger partial charge is 0.483 e. The van der Waals surface area contributed by atoms with Gasteiger partial charge in [0, 0.05) is 29.8 Å². The van der Waals surface area contributed by atoms with Gasteiger partial charge >= 0.3 is 5.97 Å². The third kappa shape index (κ3) is 6.08. The van der Waals surface area contributed by atoms with E-state index in [1.165, 1.54) is 18.2 Å². The van der Waals surface area contributed by atoms with Gasteiger partial charge in [0.2, 0.25) is 0 Å². The minimum Gasteiger partial charge on any atom is -0.483 e. The highest BCUT2D eigenvalue weighted by Crippen LogP contribution is 2.34. The smallest absolute Gasteiger partial charge is 0.328 e. The van der Waals surface area contributed by atoms with Gasteiger partial charge < -0.3 is 14.7 Å². The molecule has 0 aliphatic carbocycles. The van der Waals surface area contributed by atoms with Crippen LogP contribution in [0.5, 0.6) is 5.75 Å². The average molecular weight is 457 g/mol. The molecule has 1 N–H and O–H groups in total. The Labute approximate surface area is 190 Å². The monoisotopic (exact) mass is 456 g/mol. The Bertz CT molecular complexity index is 1050. The van der Waals surface area contributed by atoms with Crippen molar-refractivity contribution < 1.29 is 23.8 Å². The molecule has 8 heteroatoms. The molecule has 32 heavy (non-hydrogen) atoms. The highest BCUT2D eigenvalue weighted by Gasteiger charge is 2.36. The fourth-order valence-electron chi connectivity index (χ4n) is 3.68. The number of nitriles is 1. The summed E-state index contributed by atoms with van der Waals surface area (Å²) in [5.74, 6) is -1.30. The summed E-state index contributed by atoms with van der Waals surface area (Å²) in [5, 5.41) is 19.0. The van der Waals surface area contributed by atoms with Gasteiger partial charge in [-0.1, -0.05) is 23.7 Å². The summed E-state index contributed by atoms with van der Waals surface area (Å²) in [6.45, 7) is 0.625. The first kappa shape index (κ1) is 23.3. The molecule has 0 unspecified atom stereocenters. The third-order valence-corrected chi connectivity index (χ3v) is 5.73. The van der Waals surface area contributed by atoms with E-state index in [9.17, 15) is 19.2 Å². The second kappa shape index (κ2) is 10.3. The van der Waals surface area contributed by atoms with E-state index in [1.807, 2.05) is 0 Å². The molecule has 1 aliphatic heterocycles. The van der Waals surface area contributed by atoms with Crippen molar-refractivity contribution in [1.29, 1.82) is 5.26 Å². The standard InChI is InChI=1S/C24H22ClFN2O4/c25-19-4-7-21(18(13-19)3-8-23(30)31)32-15-22(29)28-11-9-24(16-27,10-12-28)14-17-1-5-20(26)6-2-17/h1-8,13H,9-12,14-15H2,(H,30,31)/b8-3+. The number of rotatable bonds is 7. The maximum atomic E-state index is 13.1. The highest BCUT2D eigenvalue weighted by molar-refractivity contribution is 6.30. The van der Waals surface area contributed by atoms with Crippen molar-refractivity contribution in [3.63, 3.8) is 0 Å². The number of hydrogen-bond acceptors (Lipinski definition) is 4. The number of amides is 1. The van der Waals surface area contributed by atoms with Gasteiger partial charge in [0.15, 0.2) is 6.61 Å². The molecule has 1 fully saturated rings. The normalized spacial score (nSPS) is 15.3. The van der Waals surface area contributed by atoms with Crippen LogP contribution in [0.1, 0.15) is 24.0 Å². The van der Waals surface area contributed by atoms with E-state index in [0.29, 0.717) is 48.7 Å². The van der Waals surface area contributed by atoms with Crippen LogP contribution in [-0.2, 0) is 16.0 Å². The minimum absolute atomic E-state index is 0.215. The Hall–Kier alpha value is -3.37. The van der Waals surface area contributed by atoms with Crippen molar-refractivity contribution in [2.24, 2.45) is 5.41 Å². The molecule has 1 aliphatic rings. The van der Waals surface area contributed by atoms with Crippen LogP contribution in [0, 0.1) is 22.6 Å². The fourth-order valence-corrected chi connectivity index (χ4v) is 3.86. The van der Waals surface area contributed by atoms with Crippen LogP contribution in [0.3, 0.4) is 0 Å². The summed E-state index contributed by atoms with van der Waals surface area (Å²) in [6, 6.07) is 13.3. The van der Waals surface area contributed by atoms with Crippen LogP contribution in [0.15, 0.2) is 48.5 Å². The molecule has 1 amide bonds. The number of ether oxygens (including phenoxy) is 1. The molecule has 6 nitrogen and oxygen atoms in total. The Morgan fingerprint density at radius 2 is 1.91 bits per heavy atom. The lowest BCUT2D eigenvalue weighted by Gasteiger charge is -2.37. The maximum absolute atomic E-state index is 13.1. The van der Waals surface area contributed by atoms with Crippen molar-refractivity contribution in [2.75, 3.05) is 19.7 Å². The zero-order valence-electron chi connectivity index (χ0n) is 17.3. The summed E-state index contributed by atoms with van der Waals surface area (Å²) in [6.07, 6.45) is 3.85. The quantitative estimate of drug-likeness (QED) is 0.626. The third-order valence-electron chi connectivity index (χ3n) is 5.49. The number of halogens is 2. The Morgan fingerprint density at radius 1 is 1.22 bits per heavy atom. The van der Waals surface area contributed by atoms with Crippen molar-refractivity contribution in [3.05, 3.63) is 70.5 Å². The number of carbonyl (C=O) groups is 2. The van der Waals surface area contributed by atoms with Crippen LogP contribution >= 0.6 is 11.6 Å².